The van der Waals surface area contributed by atoms with Crippen LogP contribution in [0.2, 0.25) is 0 Å². The standard InChI is InChI=1S/C16H23N3O/c1-12(2)16(14-8-6-5-7-13(14)3)19(4)11-15(20)18-10-9-17/h5-8,12,16H,10-11H2,1-4H3,(H,18,20). The molecule has 108 valence electrons. The summed E-state index contributed by atoms with van der Waals surface area (Å²) in [6.45, 7) is 6.75. The predicted molar refractivity (Wildman–Crippen MR) is 80.0 cm³/mol. The molecule has 4 nitrogen and oxygen atoms in total. The Hall–Kier alpha value is -1.86. The van der Waals surface area contributed by atoms with Crippen molar-refractivity contribution in [3.05, 3.63) is 35.4 Å². The second kappa shape index (κ2) is 7.66. The zero-order valence-corrected chi connectivity index (χ0v) is 12.7. The molecule has 1 rings (SSSR count). The number of rotatable bonds is 6. The molecule has 1 aromatic carbocycles. The predicted octanol–water partition coefficient (Wildman–Crippen LogP) is 2.26. The molecule has 0 aliphatic rings. The van der Waals surface area contributed by atoms with Gasteiger partial charge in [0.2, 0.25) is 5.91 Å². The number of benzene rings is 1. The summed E-state index contributed by atoms with van der Waals surface area (Å²) in [6, 6.07) is 10.4. The number of nitrogens with zero attached hydrogens (tertiary/aromatic N) is 2. The second-order valence-electron chi connectivity index (χ2n) is 5.40. The van der Waals surface area contributed by atoms with Crippen LogP contribution in [-0.4, -0.2) is 30.9 Å². The quantitative estimate of drug-likeness (QED) is 0.809. The molecule has 1 atom stereocenters. The molecule has 0 fully saturated rings. The summed E-state index contributed by atoms with van der Waals surface area (Å²) in [4.78, 5) is 13.8. The van der Waals surface area contributed by atoms with E-state index in [1.54, 1.807) is 0 Å². The van der Waals surface area contributed by atoms with E-state index in [2.05, 4.69) is 38.2 Å². The number of nitriles is 1. The zero-order valence-electron chi connectivity index (χ0n) is 12.7. The lowest BCUT2D eigenvalue weighted by Crippen LogP contribution is -2.39. The monoisotopic (exact) mass is 273 g/mol. The highest BCUT2D eigenvalue weighted by Gasteiger charge is 2.23. The van der Waals surface area contributed by atoms with Gasteiger partial charge in [-0.25, -0.2) is 0 Å². The molecule has 20 heavy (non-hydrogen) atoms. The van der Waals surface area contributed by atoms with Crippen LogP contribution >= 0.6 is 0 Å². The maximum atomic E-state index is 11.8. The third-order valence-corrected chi connectivity index (χ3v) is 3.37. The van der Waals surface area contributed by atoms with Gasteiger partial charge >= 0.3 is 0 Å². The van der Waals surface area contributed by atoms with Crippen LogP contribution in [0.25, 0.3) is 0 Å². The first kappa shape index (κ1) is 16.2. The van der Waals surface area contributed by atoms with Crippen molar-refractivity contribution in [3.8, 4) is 6.07 Å². The average molecular weight is 273 g/mol. The normalized spacial score (nSPS) is 12.2. The topological polar surface area (TPSA) is 56.1 Å². The van der Waals surface area contributed by atoms with Crippen molar-refractivity contribution in [1.82, 2.24) is 10.2 Å². The number of likely N-dealkylation sites (N-methyl/N-ethyl adjacent to an activating group) is 1. The van der Waals surface area contributed by atoms with Gasteiger partial charge in [-0.3, -0.25) is 9.69 Å². The fourth-order valence-corrected chi connectivity index (χ4v) is 2.54. The average Bonchev–Trinajstić information content (AvgIpc) is 2.38. The lowest BCUT2D eigenvalue weighted by molar-refractivity contribution is -0.122. The molecule has 0 saturated carbocycles. The molecule has 0 aromatic heterocycles. The molecule has 1 unspecified atom stereocenters. The number of aryl methyl sites for hydroxylation is 1. The van der Waals surface area contributed by atoms with Crippen LogP contribution in [0.4, 0.5) is 0 Å². The number of nitrogens with one attached hydrogen (secondary N) is 1. The van der Waals surface area contributed by atoms with Gasteiger partial charge in [0.25, 0.3) is 0 Å². The molecule has 0 bridgehead atoms. The Morgan fingerprint density at radius 3 is 2.60 bits per heavy atom. The maximum Gasteiger partial charge on any atom is 0.235 e. The van der Waals surface area contributed by atoms with Crippen molar-refractivity contribution < 1.29 is 4.79 Å². The van der Waals surface area contributed by atoms with Crippen LogP contribution in [0, 0.1) is 24.2 Å². The SMILES string of the molecule is Cc1ccccc1C(C(C)C)N(C)CC(=O)NCC#N. The summed E-state index contributed by atoms with van der Waals surface area (Å²) in [5.74, 6) is 0.276. The molecule has 0 saturated heterocycles. The Bertz CT molecular complexity index is 491. The second-order valence-corrected chi connectivity index (χ2v) is 5.40. The van der Waals surface area contributed by atoms with Gasteiger partial charge in [-0.05, 0) is 31.0 Å². The minimum atomic E-state index is -0.117. The van der Waals surface area contributed by atoms with Crippen molar-refractivity contribution in [2.75, 3.05) is 20.1 Å². The van der Waals surface area contributed by atoms with E-state index in [1.807, 2.05) is 30.1 Å². The summed E-state index contributed by atoms with van der Waals surface area (Å²) in [7, 11) is 1.95. The fourth-order valence-electron chi connectivity index (χ4n) is 2.54. The van der Waals surface area contributed by atoms with Gasteiger partial charge in [-0.2, -0.15) is 5.26 Å². The number of hydrogen-bond donors (Lipinski definition) is 1. The molecule has 0 radical (unpaired) electrons. The van der Waals surface area contributed by atoms with E-state index in [1.165, 1.54) is 11.1 Å². The summed E-state index contributed by atoms with van der Waals surface area (Å²) < 4.78 is 0. The Morgan fingerprint density at radius 1 is 1.40 bits per heavy atom. The van der Waals surface area contributed by atoms with Crippen molar-refractivity contribution in [3.63, 3.8) is 0 Å². The summed E-state index contributed by atoms with van der Waals surface area (Å²) in [5.41, 5.74) is 2.48. The lowest BCUT2D eigenvalue weighted by Gasteiger charge is -2.32. The van der Waals surface area contributed by atoms with Crippen LogP contribution in [0.3, 0.4) is 0 Å². The van der Waals surface area contributed by atoms with Crippen molar-refractivity contribution in [2.45, 2.75) is 26.8 Å². The molecule has 0 heterocycles. The van der Waals surface area contributed by atoms with E-state index in [9.17, 15) is 4.79 Å². The number of carbonyl (C=O) groups is 1. The van der Waals surface area contributed by atoms with Crippen LogP contribution in [0.5, 0.6) is 0 Å². The first-order chi connectivity index (χ1) is 9.47. The highest BCUT2D eigenvalue weighted by molar-refractivity contribution is 5.78. The highest BCUT2D eigenvalue weighted by Crippen LogP contribution is 2.29. The molecular formula is C16H23N3O. The maximum absolute atomic E-state index is 11.8. The van der Waals surface area contributed by atoms with E-state index in [4.69, 9.17) is 5.26 Å². The van der Waals surface area contributed by atoms with Crippen LogP contribution in [0.15, 0.2) is 24.3 Å². The van der Waals surface area contributed by atoms with Gasteiger partial charge in [0, 0.05) is 6.04 Å². The van der Waals surface area contributed by atoms with Crippen LogP contribution < -0.4 is 5.32 Å². The Kier molecular flexibility index (Phi) is 6.20. The van der Waals surface area contributed by atoms with Crippen LogP contribution in [-0.2, 0) is 4.79 Å². The Balaban J connectivity index is 2.84. The Labute approximate surface area is 121 Å². The van der Waals surface area contributed by atoms with Crippen molar-refractivity contribution >= 4 is 5.91 Å². The lowest BCUT2D eigenvalue weighted by atomic mass is 9.91. The summed E-state index contributed by atoms with van der Waals surface area (Å²) >= 11 is 0. The van der Waals surface area contributed by atoms with Gasteiger partial charge in [0.1, 0.15) is 6.54 Å². The minimum absolute atomic E-state index is 0.0589. The van der Waals surface area contributed by atoms with E-state index in [-0.39, 0.29) is 18.5 Å². The van der Waals surface area contributed by atoms with Crippen molar-refractivity contribution in [2.24, 2.45) is 5.92 Å². The molecule has 1 amide bonds. The van der Waals surface area contributed by atoms with Gasteiger partial charge < -0.3 is 5.32 Å². The highest BCUT2D eigenvalue weighted by atomic mass is 16.2. The van der Waals surface area contributed by atoms with E-state index < -0.39 is 0 Å². The third kappa shape index (κ3) is 4.36. The first-order valence-electron chi connectivity index (χ1n) is 6.86. The van der Waals surface area contributed by atoms with Gasteiger partial charge in [0.05, 0.1) is 12.6 Å². The number of amides is 1. The van der Waals surface area contributed by atoms with E-state index in [0.717, 1.165) is 0 Å². The Morgan fingerprint density at radius 2 is 2.05 bits per heavy atom. The molecule has 0 spiro atoms. The smallest absolute Gasteiger partial charge is 0.235 e. The zero-order chi connectivity index (χ0) is 15.1. The summed E-state index contributed by atoms with van der Waals surface area (Å²) in [6.07, 6.45) is 0. The van der Waals surface area contributed by atoms with Crippen molar-refractivity contribution in [1.29, 1.82) is 5.26 Å². The largest absolute Gasteiger partial charge is 0.342 e. The van der Waals surface area contributed by atoms with E-state index in [0.29, 0.717) is 12.5 Å². The fraction of sp³-hybridized carbons (Fsp3) is 0.500. The molecule has 0 aliphatic heterocycles. The third-order valence-electron chi connectivity index (χ3n) is 3.37. The number of hydrogen-bond acceptors (Lipinski definition) is 3. The molecule has 1 N–H and O–H groups in total. The molecule has 0 aliphatic carbocycles. The number of carbonyl (C=O) groups excluding carboxylic acids is 1. The van der Waals surface area contributed by atoms with Gasteiger partial charge in [-0.1, -0.05) is 38.1 Å². The molecule has 4 heteroatoms. The molecule has 1 aromatic rings. The van der Waals surface area contributed by atoms with Gasteiger partial charge in [0.15, 0.2) is 0 Å². The first-order valence-corrected chi connectivity index (χ1v) is 6.86. The summed E-state index contributed by atoms with van der Waals surface area (Å²) in [5, 5.41) is 11.1. The van der Waals surface area contributed by atoms with E-state index >= 15 is 0 Å². The minimum Gasteiger partial charge on any atom is -0.342 e. The molecular weight excluding hydrogens is 250 g/mol. The van der Waals surface area contributed by atoms with Crippen LogP contribution in [0.1, 0.15) is 31.0 Å². The van der Waals surface area contributed by atoms with Gasteiger partial charge in [-0.15, -0.1) is 0 Å².